The number of carbonyl (C=O) groups is 1. The van der Waals surface area contributed by atoms with Gasteiger partial charge in [-0.25, -0.2) is 0 Å². The Bertz CT molecular complexity index is 408. The summed E-state index contributed by atoms with van der Waals surface area (Å²) in [4.78, 5) is 10.8. The second kappa shape index (κ2) is 3.50. The number of rotatable bonds is 3. The normalized spacial score (nSPS) is 17.9. The summed E-state index contributed by atoms with van der Waals surface area (Å²) in [6, 6.07) is 5.59. The molecule has 1 aromatic rings. The average molecular weight is 230 g/mol. The maximum atomic E-state index is 12.0. The molecule has 0 aromatic heterocycles. The minimum atomic E-state index is -4.70. The van der Waals surface area contributed by atoms with Crippen molar-refractivity contribution in [2.24, 2.45) is 0 Å². The van der Waals surface area contributed by atoms with E-state index in [1.54, 1.807) is 6.07 Å². The molecule has 2 rings (SSSR count). The number of alkyl halides is 3. The predicted molar refractivity (Wildman–Crippen MR) is 50.1 cm³/mol. The number of hydrogen-bond donors (Lipinski definition) is 0. The van der Waals surface area contributed by atoms with Crippen LogP contribution in [0.15, 0.2) is 24.3 Å². The fourth-order valence-electron chi connectivity index (χ4n) is 1.61. The first kappa shape index (κ1) is 11.0. The van der Waals surface area contributed by atoms with Gasteiger partial charge in [0.25, 0.3) is 0 Å². The van der Waals surface area contributed by atoms with E-state index >= 15 is 0 Å². The Labute approximate surface area is 90.0 Å². The largest absolute Gasteiger partial charge is 0.573 e. The molecule has 1 aliphatic carbocycles. The van der Waals surface area contributed by atoms with E-state index in [0.29, 0.717) is 18.4 Å². The van der Waals surface area contributed by atoms with Gasteiger partial charge in [-0.3, -0.25) is 0 Å². The molecule has 1 aliphatic rings. The first-order valence-corrected chi connectivity index (χ1v) is 4.78. The molecule has 5 heteroatoms. The molecule has 16 heavy (non-hydrogen) atoms. The van der Waals surface area contributed by atoms with Crippen LogP contribution in [-0.4, -0.2) is 12.6 Å². The van der Waals surface area contributed by atoms with Crippen molar-refractivity contribution in [3.8, 4) is 5.75 Å². The van der Waals surface area contributed by atoms with Gasteiger partial charge in [-0.15, -0.1) is 13.2 Å². The van der Waals surface area contributed by atoms with Crippen molar-refractivity contribution in [2.45, 2.75) is 24.6 Å². The topological polar surface area (TPSA) is 26.3 Å². The van der Waals surface area contributed by atoms with Gasteiger partial charge in [0.05, 0.1) is 5.41 Å². The molecule has 0 N–H and O–H groups in total. The van der Waals surface area contributed by atoms with Gasteiger partial charge in [-0.05, 0) is 30.5 Å². The third-order valence-electron chi connectivity index (χ3n) is 2.66. The van der Waals surface area contributed by atoms with Crippen molar-refractivity contribution in [3.63, 3.8) is 0 Å². The molecule has 1 fully saturated rings. The van der Waals surface area contributed by atoms with Crippen LogP contribution in [0.25, 0.3) is 0 Å². The van der Waals surface area contributed by atoms with Crippen LogP contribution in [0.1, 0.15) is 18.4 Å². The molecule has 0 bridgehead atoms. The summed E-state index contributed by atoms with van der Waals surface area (Å²) in [5.74, 6) is -0.280. The van der Waals surface area contributed by atoms with Crippen LogP contribution in [-0.2, 0) is 10.2 Å². The standard InChI is InChI=1S/C11H9F3O2/c12-11(13,14)16-9-3-1-2-8(6-9)10(7-15)4-5-10/h1-3,6-7H,4-5H2. The second-order valence-corrected chi connectivity index (χ2v) is 3.85. The van der Waals surface area contributed by atoms with Crippen LogP contribution in [0.3, 0.4) is 0 Å². The summed E-state index contributed by atoms with van der Waals surface area (Å²) in [6.45, 7) is 0. The number of halogens is 3. The molecular weight excluding hydrogens is 221 g/mol. The third kappa shape index (κ3) is 2.18. The maximum Gasteiger partial charge on any atom is 0.573 e. The van der Waals surface area contributed by atoms with Crippen LogP contribution in [0.2, 0.25) is 0 Å². The third-order valence-corrected chi connectivity index (χ3v) is 2.66. The summed E-state index contributed by atoms with van der Waals surface area (Å²) in [7, 11) is 0. The van der Waals surface area contributed by atoms with E-state index in [1.165, 1.54) is 18.2 Å². The van der Waals surface area contributed by atoms with E-state index in [-0.39, 0.29) is 5.75 Å². The van der Waals surface area contributed by atoms with Crippen LogP contribution in [0, 0.1) is 0 Å². The SMILES string of the molecule is O=CC1(c2cccc(OC(F)(F)F)c2)CC1. The van der Waals surface area contributed by atoms with Gasteiger partial charge in [0.1, 0.15) is 12.0 Å². The van der Waals surface area contributed by atoms with Crippen molar-refractivity contribution in [2.75, 3.05) is 0 Å². The molecule has 86 valence electrons. The van der Waals surface area contributed by atoms with Crippen molar-refractivity contribution in [3.05, 3.63) is 29.8 Å². The van der Waals surface area contributed by atoms with Gasteiger partial charge in [0.2, 0.25) is 0 Å². The molecule has 0 spiro atoms. The van der Waals surface area contributed by atoms with Crippen molar-refractivity contribution < 1.29 is 22.7 Å². The lowest BCUT2D eigenvalue weighted by atomic mass is 9.98. The zero-order valence-corrected chi connectivity index (χ0v) is 8.25. The smallest absolute Gasteiger partial charge is 0.406 e. The number of hydrogen-bond acceptors (Lipinski definition) is 2. The highest BCUT2D eigenvalue weighted by Crippen LogP contribution is 2.47. The minimum Gasteiger partial charge on any atom is -0.406 e. The highest BCUT2D eigenvalue weighted by atomic mass is 19.4. The quantitative estimate of drug-likeness (QED) is 0.746. The minimum absolute atomic E-state index is 0.280. The number of benzene rings is 1. The molecule has 1 saturated carbocycles. The van der Waals surface area contributed by atoms with Crippen LogP contribution in [0.5, 0.6) is 5.75 Å². The zero-order chi connectivity index (χ0) is 11.8. The van der Waals surface area contributed by atoms with Gasteiger partial charge >= 0.3 is 6.36 Å². The van der Waals surface area contributed by atoms with Crippen molar-refractivity contribution >= 4 is 6.29 Å². The molecule has 0 atom stereocenters. The maximum absolute atomic E-state index is 12.0. The van der Waals surface area contributed by atoms with Gasteiger partial charge in [-0.1, -0.05) is 12.1 Å². The van der Waals surface area contributed by atoms with Gasteiger partial charge in [-0.2, -0.15) is 0 Å². The lowest BCUT2D eigenvalue weighted by molar-refractivity contribution is -0.274. The lowest BCUT2D eigenvalue weighted by Crippen LogP contribution is -2.17. The summed E-state index contributed by atoms with van der Waals surface area (Å²) in [5.41, 5.74) is 0.00886. The summed E-state index contributed by atoms with van der Waals surface area (Å²) >= 11 is 0. The molecule has 0 radical (unpaired) electrons. The molecular formula is C11H9F3O2. The fraction of sp³-hybridized carbons (Fsp3) is 0.364. The van der Waals surface area contributed by atoms with E-state index in [4.69, 9.17) is 0 Å². The monoisotopic (exact) mass is 230 g/mol. The highest BCUT2D eigenvalue weighted by Gasteiger charge is 2.44. The number of ether oxygens (including phenoxy) is 1. The van der Waals surface area contributed by atoms with Crippen LogP contribution < -0.4 is 4.74 Å². The van der Waals surface area contributed by atoms with Crippen LogP contribution in [0.4, 0.5) is 13.2 Å². The Balaban J connectivity index is 2.24. The van der Waals surface area contributed by atoms with Crippen molar-refractivity contribution in [1.29, 1.82) is 0 Å². The Hall–Kier alpha value is -1.52. The van der Waals surface area contributed by atoms with Gasteiger partial charge < -0.3 is 9.53 Å². The molecule has 2 nitrogen and oxygen atoms in total. The first-order chi connectivity index (χ1) is 7.45. The van der Waals surface area contributed by atoms with E-state index in [1.807, 2.05) is 0 Å². The fourth-order valence-corrected chi connectivity index (χ4v) is 1.61. The van der Waals surface area contributed by atoms with Crippen LogP contribution >= 0.6 is 0 Å². The summed E-state index contributed by atoms with van der Waals surface area (Å²) in [5, 5.41) is 0. The van der Waals surface area contributed by atoms with E-state index in [2.05, 4.69) is 4.74 Å². The number of carbonyl (C=O) groups excluding carboxylic acids is 1. The van der Waals surface area contributed by atoms with Gasteiger partial charge in [0.15, 0.2) is 0 Å². The Morgan fingerprint density at radius 3 is 2.50 bits per heavy atom. The molecule has 1 aromatic carbocycles. The van der Waals surface area contributed by atoms with E-state index in [0.717, 1.165) is 6.29 Å². The Morgan fingerprint density at radius 1 is 1.31 bits per heavy atom. The number of aldehydes is 1. The summed E-state index contributed by atoms with van der Waals surface area (Å²) in [6.07, 6.45) is -2.53. The molecule has 0 amide bonds. The second-order valence-electron chi connectivity index (χ2n) is 3.85. The predicted octanol–water partition coefficient (Wildman–Crippen LogP) is 2.82. The molecule has 0 unspecified atom stereocenters. The molecule has 0 saturated heterocycles. The highest BCUT2D eigenvalue weighted by molar-refractivity contribution is 5.73. The Morgan fingerprint density at radius 2 is 2.00 bits per heavy atom. The van der Waals surface area contributed by atoms with E-state index in [9.17, 15) is 18.0 Å². The van der Waals surface area contributed by atoms with E-state index < -0.39 is 11.8 Å². The average Bonchev–Trinajstić information content (AvgIpc) is 2.96. The van der Waals surface area contributed by atoms with Crippen molar-refractivity contribution in [1.82, 2.24) is 0 Å². The Kier molecular flexibility index (Phi) is 2.40. The molecule has 0 aliphatic heterocycles. The lowest BCUT2D eigenvalue weighted by Gasteiger charge is -2.12. The summed E-state index contributed by atoms with van der Waals surface area (Å²) < 4.78 is 39.7. The first-order valence-electron chi connectivity index (χ1n) is 4.78. The molecule has 0 heterocycles. The zero-order valence-electron chi connectivity index (χ0n) is 8.25. The van der Waals surface area contributed by atoms with Gasteiger partial charge in [0, 0.05) is 0 Å².